The van der Waals surface area contributed by atoms with Gasteiger partial charge in [0.15, 0.2) is 6.35 Å². The Balaban J connectivity index is 4.89. The predicted molar refractivity (Wildman–Crippen MR) is 67.5 cm³/mol. The van der Waals surface area contributed by atoms with E-state index in [2.05, 4.69) is 4.52 Å². The molecular formula is C10H25N2O4P. The smallest absolute Gasteiger partial charge is 0.302 e. The first-order chi connectivity index (χ1) is 7.95. The van der Waals surface area contributed by atoms with Crippen LogP contribution in [-0.4, -0.2) is 54.3 Å². The van der Waals surface area contributed by atoms with Gasteiger partial charge in [0.25, 0.3) is 0 Å². The van der Waals surface area contributed by atoms with E-state index in [-0.39, 0.29) is 0 Å². The van der Waals surface area contributed by atoms with E-state index in [0.717, 1.165) is 26.2 Å². The van der Waals surface area contributed by atoms with Gasteiger partial charge in [0, 0.05) is 7.11 Å². The van der Waals surface area contributed by atoms with Crippen LogP contribution in [0.3, 0.4) is 0 Å². The van der Waals surface area contributed by atoms with E-state index in [1.54, 1.807) is 0 Å². The first-order valence-electron chi connectivity index (χ1n) is 6.00. The molecule has 0 aliphatic rings. The van der Waals surface area contributed by atoms with Crippen LogP contribution in [-0.2, 0) is 13.6 Å². The minimum atomic E-state index is -3.97. The van der Waals surface area contributed by atoms with Gasteiger partial charge in [-0.2, -0.15) is 0 Å². The summed E-state index contributed by atoms with van der Waals surface area (Å²) in [5.74, 6) is 0. The van der Waals surface area contributed by atoms with Gasteiger partial charge in [0.2, 0.25) is 0 Å². The molecule has 7 heteroatoms. The quantitative estimate of drug-likeness (QED) is 0.507. The maximum absolute atomic E-state index is 11.5. The number of hydrogen-bond donors (Lipinski definition) is 1. The molecule has 0 aliphatic carbocycles. The van der Waals surface area contributed by atoms with E-state index in [1.165, 1.54) is 7.11 Å². The standard InChI is InChI=1S/C10H25N2O4P/c1-6-11(7-2)10(12(8-3)9-4)16-17(13,14)15-5/h10H,6-9H2,1-5H3,(H,13,14). The maximum Gasteiger partial charge on any atom is 0.474 e. The van der Waals surface area contributed by atoms with E-state index in [1.807, 2.05) is 37.5 Å². The molecule has 0 rings (SSSR count). The van der Waals surface area contributed by atoms with Gasteiger partial charge < -0.3 is 4.89 Å². The topological polar surface area (TPSA) is 62.2 Å². The van der Waals surface area contributed by atoms with Crippen molar-refractivity contribution < 1.29 is 18.5 Å². The molecule has 0 aromatic heterocycles. The van der Waals surface area contributed by atoms with Crippen LogP contribution >= 0.6 is 7.82 Å². The Hall–Kier alpha value is 0.0300. The SMILES string of the molecule is CCN(CC)C(OP(=O)(O)OC)N(CC)CC. The van der Waals surface area contributed by atoms with Crippen molar-refractivity contribution in [1.82, 2.24) is 9.80 Å². The zero-order chi connectivity index (χ0) is 13.5. The largest absolute Gasteiger partial charge is 0.474 e. The van der Waals surface area contributed by atoms with Crippen LogP contribution in [0.5, 0.6) is 0 Å². The second-order valence-corrected chi connectivity index (χ2v) is 5.04. The van der Waals surface area contributed by atoms with Crippen LogP contribution in [0.2, 0.25) is 0 Å². The van der Waals surface area contributed by atoms with Crippen molar-refractivity contribution >= 4 is 7.82 Å². The monoisotopic (exact) mass is 268 g/mol. The summed E-state index contributed by atoms with van der Waals surface area (Å²) in [5, 5.41) is 0. The van der Waals surface area contributed by atoms with E-state index in [9.17, 15) is 9.46 Å². The summed E-state index contributed by atoms with van der Waals surface area (Å²) in [6, 6.07) is 0. The zero-order valence-electron chi connectivity index (χ0n) is 11.4. The molecule has 104 valence electrons. The molecule has 17 heavy (non-hydrogen) atoms. The summed E-state index contributed by atoms with van der Waals surface area (Å²) in [4.78, 5) is 13.4. The lowest BCUT2D eigenvalue weighted by Gasteiger charge is -2.37. The van der Waals surface area contributed by atoms with Crippen LogP contribution in [0.4, 0.5) is 0 Å². The Morgan fingerprint density at radius 1 is 1.06 bits per heavy atom. The summed E-state index contributed by atoms with van der Waals surface area (Å²) < 4.78 is 21.2. The molecule has 1 N–H and O–H groups in total. The highest BCUT2D eigenvalue weighted by Crippen LogP contribution is 2.44. The van der Waals surface area contributed by atoms with E-state index in [0.29, 0.717) is 0 Å². The Bertz CT molecular complexity index is 232. The van der Waals surface area contributed by atoms with E-state index in [4.69, 9.17) is 4.52 Å². The van der Waals surface area contributed by atoms with Crippen molar-refractivity contribution in [3.05, 3.63) is 0 Å². The third kappa shape index (κ3) is 5.46. The number of phosphoric ester groups is 1. The van der Waals surface area contributed by atoms with Crippen LogP contribution in [0.1, 0.15) is 27.7 Å². The summed E-state index contributed by atoms with van der Waals surface area (Å²) in [5.41, 5.74) is 0. The molecule has 1 atom stereocenters. The van der Waals surface area contributed by atoms with Crippen LogP contribution in [0.15, 0.2) is 0 Å². The fraction of sp³-hybridized carbons (Fsp3) is 1.00. The fourth-order valence-corrected chi connectivity index (χ4v) is 2.19. The molecule has 0 heterocycles. The average molecular weight is 268 g/mol. The number of hydrogen-bond acceptors (Lipinski definition) is 5. The average Bonchev–Trinajstić information content (AvgIpc) is 2.31. The van der Waals surface area contributed by atoms with Gasteiger partial charge in [0.05, 0.1) is 0 Å². The number of rotatable bonds is 9. The van der Waals surface area contributed by atoms with Crippen LogP contribution in [0, 0.1) is 0 Å². The van der Waals surface area contributed by atoms with Crippen molar-refractivity contribution in [2.75, 3.05) is 33.3 Å². The third-order valence-electron chi connectivity index (χ3n) is 2.71. The molecule has 0 amide bonds. The fourth-order valence-electron chi connectivity index (χ4n) is 1.60. The van der Waals surface area contributed by atoms with E-state index >= 15 is 0 Å². The Labute approximate surface area is 104 Å². The second-order valence-electron chi connectivity index (χ2n) is 3.53. The lowest BCUT2D eigenvalue weighted by atomic mass is 10.4. The minimum Gasteiger partial charge on any atom is -0.302 e. The molecule has 0 bridgehead atoms. The van der Waals surface area contributed by atoms with Crippen LogP contribution in [0.25, 0.3) is 0 Å². The normalized spacial score (nSPS) is 15.8. The third-order valence-corrected chi connectivity index (χ3v) is 3.62. The number of nitrogens with zero attached hydrogens (tertiary/aromatic N) is 2. The van der Waals surface area contributed by atoms with Crippen molar-refractivity contribution in [3.8, 4) is 0 Å². The highest BCUT2D eigenvalue weighted by atomic mass is 31.2. The Kier molecular flexibility index (Phi) is 8.20. The molecule has 0 radical (unpaired) electrons. The van der Waals surface area contributed by atoms with Gasteiger partial charge >= 0.3 is 7.82 Å². The predicted octanol–water partition coefficient (Wildman–Crippen LogP) is 1.72. The molecule has 0 saturated carbocycles. The summed E-state index contributed by atoms with van der Waals surface area (Å²) in [6.45, 7) is 10.9. The zero-order valence-corrected chi connectivity index (χ0v) is 12.3. The number of phosphoric acid groups is 1. The van der Waals surface area contributed by atoms with Crippen molar-refractivity contribution in [2.45, 2.75) is 34.0 Å². The van der Waals surface area contributed by atoms with Gasteiger partial charge in [-0.05, 0) is 26.2 Å². The Morgan fingerprint density at radius 2 is 1.41 bits per heavy atom. The lowest BCUT2D eigenvalue weighted by Crippen LogP contribution is -2.49. The molecule has 0 fully saturated rings. The molecule has 1 unspecified atom stereocenters. The van der Waals surface area contributed by atoms with Crippen LogP contribution < -0.4 is 0 Å². The van der Waals surface area contributed by atoms with Gasteiger partial charge in [-0.25, -0.2) is 4.57 Å². The highest BCUT2D eigenvalue weighted by molar-refractivity contribution is 7.47. The molecule has 0 saturated heterocycles. The van der Waals surface area contributed by atoms with Gasteiger partial charge in [-0.15, -0.1) is 0 Å². The first kappa shape index (κ1) is 17.0. The summed E-state index contributed by atoms with van der Waals surface area (Å²) >= 11 is 0. The van der Waals surface area contributed by atoms with Crippen molar-refractivity contribution in [3.63, 3.8) is 0 Å². The molecular weight excluding hydrogens is 243 g/mol. The first-order valence-corrected chi connectivity index (χ1v) is 7.50. The molecule has 0 aliphatic heterocycles. The van der Waals surface area contributed by atoms with Gasteiger partial charge in [-0.3, -0.25) is 18.8 Å². The van der Waals surface area contributed by atoms with Gasteiger partial charge in [-0.1, -0.05) is 27.7 Å². The Morgan fingerprint density at radius 3 is 1.65 bits per heavy atom. The van der Waals surface area contributed by atoms with Crippen molar-refractivity contribution in [2.24, 2.45) is 0 Å². The molecule has 0 aromatic rings. The van der Waals surface area contributed by atoms with Crippen molar-refractivity contribution in [1.29, 1.82) is 0 Å². The summed E-state index contributed by atoms with van der Waals surface area (Å²) in [7, 11) is -2.80. The second kappa shape index (κ2) is 8.19. The van der Waals surface area contributed by atoms with E-state index < -0.39 is 14.2 Å². The van der Waals surface area contributed by atoms with Gasteiger partial charge in [0.1, 0.15) is 0 Å². The maximum atomic E-state index is 11.5. The highest BCUT2D eigenvalue weighted by Gasteiger charge is 2.31. The lowest BCUT2D eigenvalue weighted by molar-refractivity contribution is -0.0991. The minimum absolute atomic E-state index is 0.532. The summed E-state index contributed by atoms with van der Waals surface area (Å²) in [6.07, 6.45) is -0.532. The molecule has 0 aromatic carbocycles. The molecule has 6 nitrogen and oxygen atoms in total. The molecule has 0 spiro atoms.